The minimum absolute atomic E-state index is 0.612. The fourth-order valence-electron chi connectivity index (χ4n) is 10.6. The second-order valence-electron chi connectivity index (χ2n) is 17.8. The van der Waals surface area contributed by atoms with Gasteiger partial charge in [0.2, 0.25) is 0 Å². The third-order valence-corrected chi connectivity index (χ3v) is 13.7. The molecule has 0 unspecified atom stereocenters. The van der Waals surface area contributed by atoms with Crippen LogP contribution >= 0.6 is 0 Å². The van der Waals surface area contributed by atoms with Crippen LogP contribution in [0.5, 0.6) is 0 Å². The first-order chi connectivity index (χ1) is 34.6. The van der Waals surface area contributed by atoms with Crippen LogP contribution in [0.15, 0.2) is 273 Å². The Labute approximate surface area is 409 Å². The Morgan fingerprint density at radius 1 is 0.443 bits per heavy atom. The van der Waals surface area contributed by atoms with Crippen LogP contribution in [-0.2, 0) is 5.41 Å². The second-order valence-corrected chi connectivity index (χ2v) is 17.8. The largest absolute Gasteiger partial charge is 0.310 e. The maximum absolute atomic E-state index is 5.13. The van der Waals surface area contributed by atoms with Gasteiger partial charge in [0, 0.05) is 38.8 Å². The summed E-state index contributed by atoms with van der Waals surface area (Å²) in [7, 11) is 0. The maximum atomic E-state index is 5.13. The van der Waals surface area contributed by atoms with Gasteiger partial charge in [-0.25, -0.2) is 9.97 Å². The molecule has 0 spiro atoms. The normalized spacial score (nSPS) is 13.0. The lowest BCUT2D eigenvalue weighted by molar-refractivity contribution is 0.732. The Bertz CT molecular complexity index is 3680. The van der Waals surface area contributed by atoms with Crippen molar-refractivity contribution in [3.8, 4) is 50.7 Å². The van der Waals surface area contributed by atoms with E-state index >= 15 is 0 Å². The number of hydrogen-bond donors (Lipinski definition) is 0. The molecule has 12 rings (SSSR count). The van der Waals surface area contributed by atoms with Crippen LogP contribution in [0.2, 0.25) is 0 Å². The summed E-state index contributed by atoms with van der Waals surface area (Å²) < 4.78 is 2.39. The predicted octanol–water partition coefficient (Wildman–Crippen LogP) is 17.0. The molecule has 0 aliphatic carbocycles. The number of aromatic nitrogens is 3. The van der Waals surface area contributed by atoms with Gasteiger partial charge >= 0.3 is 0 Å². The molecule has 0 radical (unpaired) electrons. The highest BCUT2D eigenvalue weighted by molar-refractivity contribution is 6.10. The Hall–Kier alpha value is -9.12. The molecule has 0 saturated heterocycles. The summed E-state index contributed by atoms with van der Waals surface area (Å²) in [5.41, 5.74) is 17.8. The van der Waals surface area contributed by atoms with Crippen molar-refractivity contribution >= 4 is 38.9 Å². The molecule has 0 fully saturated rings. The zero-order chi connectivity index (χ0) is 47.0. The standard InChI is InChI=1S/C66H48N4/c1-3-4-8-22-46(2)66(52-29-13-7-14-30-52)57-32-16-19-35-63(57)70(64-36-20-17-33-58(64)66)54-40-38-53(39-41-54)69-61-34-18-15-31-55(61)56-44-50(37-42-62(56)69)49-27-21-28-51(43-49)65-67-59(47-23-9-5-10-24-47)45-60(68-65)48-25-11-6-12-26-48/h3-45H,2H2,1H3/b4-3-,22-8-. The van der Waals surface area contributed by atoms with Gasteiger partial charge in [0.25, 0.3) is 0 Å². The van der Waals surface area contributed by atoms with Crippen LogP contribution in [0, 0.1) is 0 Å². The highest BCUT2D eigenvalue weighted by Gasteiger charge is 2.46. The zero-order valence-electron chi connectivity index (χ0n) is 38.8. The van der Waals surface area contributed by atoms with Crippen LogP contribution in [0.4, 0.5) is 17.1 Å². The quantitative estimate of drug-likeness (QED) is 0.128. The minimum atomic E-state index is -0.612. The van der Waals surface area contributed by atoms with E-state index in [4.69, 9.17) is 16.5 Å². The minimum Gasteiger partial charge on any atom is -0.310 e. The molecule has 0 amide bonds. The van der Waals surface area contributed by atoms with Gasteiger partial charge in [-0.1, -0.05) is 201 Å². The van der Waals surface area contributed by atoms with Gasteiger partial charge in [-0.15, -0.1) is 0 Å². The van der Waals surface area contributed by atoms with E-state index in [1.807, 2.05) is 25.1 Å². The molecule has 1 aliphatic rings. The van der Waals surface area contributed by atoms with Crippen molar-refractivity contribution in [2.45, 2.75) is 12.3 Å². The van der Waals surface area contributed by atoms with E-state index in [0.29, 0.717) is 5.82 Å². The number of benzene rings is 9. The van der Waals surface area contributed by atoms with Crippen molar-refractivity contribution in [1.29, 1.82) is 0 Å². The first-order valence-corrected chi connectivity index (χ1v) is 23.9. The molecule has 1 aliphatic heterocycles. The number of nitrogens with zero attached hydrogens (tertiary/aromatic N) is 4. The summed E-state index contributed by atoms with van der Waals surface area (Å²) in [6.45, 7) is 6.84. The third kappa shape index (κ3) is 7.17. The summed E-state index contributed by atoms with van der Waals surface area (Å²) in [6.07, 6.45) is 8.38. The molecule has 0 saturated carbocycles. The molecule has 332 valence electrons. The fourth-order valence-corrected chi connectivity index (χ4v) is 10.6. The highest BCUT2D eigenvalue weighted by atomic mass is 15.2. The summed E-state index contributed by atoms with van der Waals surface area (Å²) in [5, 5.41) is 2.39. The third-order valence-electron chi connectivity index (χ3n) is 13.7. The summed E-state index contributed by atoms with van der Waals surface area (Å²) in [5.74, 6) is 0.693. The van der Waals surface area contributed by atoms with Crippen LogP contribution in [0.3, 0.4) is 0 Å². The fraction of sp³-hybridized carbons (Fsp3) is 0.0303. The molecule has 0 atom stereocenters. The van der Waals surface area contributed by atoms with Gasteiger partial charge in [-0.05, 0) is 107 Å². The van der Waals surface area contributed by atoms with E-state index in [-0.39, 0.29) is 0 Å². The van der Waals surface area contributed by atoms with E-state index in [9.17, 15) is 0 Å². The zero-order valence-corrected chi connectivity index (χ0v) is 38.8. The summed E-state index contributed by atoms with van der Waals surface area (Å²) in [4.78, 5) is 12.7. The maximum Gasteiger partial charge on any atom is 0.160 e. The lowest BCUT2D eigenvalue weighted by Gasteiger charge is -2.46. The summed E-state index contributed by atoms with van der Waals surface area (Å²) >= 11 is 0. The van der Waals surface area contributed by atoms with Crippen LogP contribution in [0.25, 0.3) is 72.5 Å². The molecule has 4 heteroatoms. The van der Waals surface area contributed by atoms with Crippen LogP contribution in [-0.4, -0.2) is 14.5 Å². The predicted molar refractivity (Wildman–Crippen MR) is 292 cm³/mol. The van der Waals surface area contributed by atoms with E-state index in [1.165, 1.54) is 27.5 Å². The van der Waals surface area contributed by atoms with E-state index in [0.717, 1.165) is 78.6 Å². The van der Waals surface area contributed by atoms with Gasteiger partial charge in [-0.3, -0.25) is 0 Å². The first kappa shape index (κ1) is 42.2. The van der Waals surface area contributed by atoms with Gasteiger partial charge < -0.3 is 9.47 Å². The number of anilines is 3. The van der Waals surface area contributed by atoms with Gasteiger partial charge in [0.1, 0.15) is 0 Å². The average Bonchev–Trinajstić information content (AvgIpc) is 3.77. The van der Waals surface area contributed by atoms with E-state index < -0.39 is 5.41 Å². The first-order valence-electron chi connectivity index (χ1n) is 23.9. The molecular weight excluding hydrogens is 849 g/mol. The van der Waals surface area contributed by atoms with Gasteiger partial charge in [-0.2, -0.15) is 0 Å². The number of para-hydroxylation sites is 3. The van der Waals surface area contributed by atoms with Crippen molar-refractivity contribution in [1.82, 2.24) is 14.5 Å². The second kappa shape index (κ2) is 17.8. The molecule has 11 aromatic rings. The van der Waals surface area contributed by atoms with Crippen molar-refractivity contribution in [2.75, 3.05) is 4.90 Å². The van der Waals surface area contributed by atoms with E-state index in [1.54, 1.807) is 0 Å². The van der Waals surface area contributed by atoms with Crippen molar-refractivity contribution < 1.29 is 0 Å². The Balaban J connectivity index is 0.935. The molecular formula is C66H48N4. The smallest absolute Gasteiger partial charge is 0.160 e. The number of rotatable bonds is 10. The lowest BCUT2D eigenvalue weighted by Crippen LogP contribution is -2.37. The highest BCUT2D eigenvalue weighted by Crippen LogP contribution is 2.57. The molecule has 70 heavy (non-hydrogen) atoms. The molecule has 0 N–H and O–H groups in total. The Morgan fingerprint density at radius 3 is 1.63 bits per heavy atom. The number of allylic oxidation sites excluding steroid dienone is 5. The van der Waals surface area contributed by atoms with Crippen molar-refractivity contribution in [3.63, 3.8) is 0 Å². The van der Waals surface area contributed by atoms with E-state index in [2.05, 4.69) is 252 Å². The Morgan fingerprint density at radius 2 is 0.971 bits per heavy atom. The van der Waals surface area contributed by atoms with Gasteiger partial charge in [0.15, 0.2) is 5.82 Å². The number of hydrogen-bond acceptors (Lipinski definition) is 3. The molecule has 4 nitrogen and oxygen atoms in total. The molecule has 2 aromatic heterocycles. The summed E-state index contributed by atoms with van der Waals surface area (Å²) in [6, 6.07) is 84.4. The van der Waals surface area contributed by atoms with Crippen LogP contribution < -0.4 is 4.90 Å². The SMILES string of the molecule is C=C(/C=C\C=C/C)C1(c2ccccc2)c2ccccc2N(c2ccc(-n3c4ccccc4c4cc(-c5cccc(-c6nc(-c7ccccc7)cc(-c7ccccc7)n6)c5)ccc43)cc2)c2ccccc21. The van der Waals surface area contributed by atoms with Crippen LogP contribution in [0.1, 0.15) is 23.6 Å². The molecule has 9 aromatic carbocycles. The Kier molecular flexibility index (Phi) is 10.8. The molecule has 0 bridgehead atoms. The number of fused-ring (bicyclic) bond motifs is 5. The lowest BCUT2D eigenvalue weighted by atomic mass is 9.62. The van der Waals surface area contributed by atoms with Gasteiger partial charge in [0.05, 0.1) is 39.2 Å². The molecule has 3 heterocycles. The monoisotopic (exact) mass is 896 g/mol. The topological polar surface area (TPSA) is 34.0 Å². The van der Waals surface area contributed by atoms with Crippen molar-refractivity contribution in [3.05, 3.63) is 290 Å². The van der Waals surface area contributed by atoms with Crippen molar-refractivity contribution in [2.24, 2.45) is 0 Å². The average molecular weight is 897 g/mol.